The Hall–Kier alpha value is -2.98. The molecule has 0 aromatic heterocycles. The lowest BCUT2D eigenvalue weighted by Crippen LogP contribution is -2.45. The van der Waals surface area contributed by atoms with Crippen molar-refractivity contribution in [2.75, 3.05) is 19.6 Å². The van der Waals surface area contributed by atoms with Crippen LogP contribution in [0.5, 0.6) is 0 Å². The predicted octanol–water partition coefficient (Wildman–Crippen LogP) is 3.60. The van der Waals surface area contributed by atoms with Gasteiger partial charge in [-0.25, -0.2) is 4.39 Å². The number of likely N-dealkylation sites (tertiary alicyclic amines) is 1. The van der Waals surface area contributed by atoms with Crippen LogP contribution >= 0.6 is 0 Å². The number of hydrogen-bond acceptors (Lipinski definition) is 4. The van der Waals surface area contributed by atoms with Crippen molar-refractivity contribution in [3.05, 3.63) is 71.0 Å². The van der Waals surface area contributed by atoms with Gasteiger partial charge in [-0.05, 0) is 56.4 Å². The van der Waals surface area contributed by atoms with Crippen molar-refractivity contribution in [1.82, 2.24) is 15.5 Å². The van der Waals surface area contributed by atoms with Crippen LogP contribution in [0.25, 0.3) is 0 Å². The number of carbonyl (C=O) groups is 2. The fourth-order valence-electron chi connectivity index (χ4n) is 5.17. The predicted molar refractivity (Wildman–Crippen MR) is 124 cm³/mol. The van der Waals surface area contributed by atoms with Crippen molar-refractivity contribution in [2.45, 2.75) is 56.0 Å². The third-order valence-corrected chi connectivity index (χ3v) is 7.12. The minimum Gasteiger partial charge on any atom is -0.385 e. The largest absolute Gasteiger partial charge is 0.416 e. The van der Waals surface area contributed by atoms with E-state index in [1.165, 1.54) is 12.1 Å². The Labute approximate surface area is 206 Å². The van der Waals surface area contributed by atoms with E-state index in [0.29, 0.717) is 37.8 Å². The molecule has 3 N–H and O–H groups in total. The van der Waals surface area contributed by atoms with Crippen LogP contribution in [-0.2, 0) is 16.6 Å². The zero-order valence-corrected chi connectivity index (χ0v) is 19.7. The van der Waals surface area contributed by atoms with Crippen molar-refractivity contribution in [3.8, 4) is 0 Å². The van der Waals surface area contributed by atoms with Crippen LogP contribution in [0.4, 0.5) is 17.6 Å². The van der Waals surface area contributed by atoms with E-state index in [9.17, 15) is 32.3 Å². The highest BCUT2D eigenvalue weighted by atomic mass is 19.4. The van der Waals surface area contributed by atoms with E-state index >= 15 is 0 Å². The van der Waals surface area contributed by atoms with E-state index < -0.39 is 35.0 Å². The van der Waals surface area contributed by atoms with Gasteiger partial charge in [0, 0.05) is 36.3 Å². The zero-order chi connectivity index (χ0) is 25.9. The lowest BCUT2D eigenvalue weighted by Gasteiger charge is -2.40. The summed E-state index contributed by atoms with van der Waals surface area (Å²) in [5, 5.41) is 16.2. The second-order valence-electron chi connectivity index (χ2n) is 9.55. The van der Waals surface area contributed by atoms with Gasteiger partial charge in [0.25, 0.3) is 5.91 Å². The van der Waals surface area contributed by atoms with Gasteiger partial charge in [-0.1, -0.05) is 24.3 Å². The average Bonchev–Trinajstić information content (AvgIpc) is 3.31. The maximum atomic E-state index is 14.2. The number of nitrogens with one attached hydrogen (secondary N) is 2. The number of aliphatic hydroxyl groups is 1. The second kappa shape index (κ2) is 10.6. The SMILES string of the molecule is O=C(CNC(=O)c1cccc(C(F)(F)F)c1)NC1CCN(C2CCC(O)(c3ccccc3F)CC2)C1. The van der Waals surface area contributed by atoms with E-state index in [4.69, 9.17) is 0 Å². The first-order valence-corrected chi connectivity index (χ1v) is 12.0. The minimum absolute atomic E-state index is 0.115. The fourth-order valence-corrected chi connectivity index (χ4v) is 5.17. The van der Waals surface area contributed by atoms with Crippen molar-refractivity contribution >= 4 is 11.8 Å². The van der Waals surface area contributed by atoms with Crippen LogP contribution in [0.2, 0.25) is 0 Å². The number of alkyl halides is 3. The van der Waals surface area contributed by atoms with E-state index in [2.05, 4.69) is 15.5 Å². The molecule has 10 heteroatoms. The Morgan fingerprint density at radius 1 is 1.06 bits per heavy atom. The van der Waals surface area contributed by atoms with E-state index in [1.807, 2.05) is 0 Å². The monoisotopic (exact) mass is 507 g/mol. The first-order valence-electron chi connectivity index (χ1n) is 12.0. The molecule has 6 nitrogen and oxygen atoms in total. The molecule has 194 valence electrons. The van der Waals surface area contributed by atoms with E-state index in [1.54, 1.807) is 18.2 Å². The molecule has 1 heterocycles. The molecule has 1 aliphatic heterocycles. The Morgan fingerprint density at radius 3 is 2.47 bits per heavy atom. The summed E-state index contributed by atoms with van der Waals surface area (Å²) >= 11 is 0. The topological polar surface area (TPSA) is 81.7 Å². The normalized spacial score (nSPS) is 24.9. The van der Waals surface area contributed by atoms with Crippen LogP contribution in [0.1, 0.15) is 53.6 Å². The number of carbonyl (C=O) groups excluding carboxylic acids is 2. The van der Waals surface area contributed by atoms with Crippen molar-refractivity contribution < 1.29 is 32.3 Å². The third kappa shape index (κ3) is 6.04. The summed E-state index contributed by atoms with van der Waals surface area (Å²) < 4.78 is 52.7. The zero-order valence-electron chi connectivity index (χ0n) is 19.7. The summed E-state index contributed by atoms with van der Waals surface area (Å²) in [5.74, 6) is -1.57. The molecule has 4 rings (SSSR count). The summed E-state index contributed by atoms with van der Waals surface area (Å²) in [6.07, 6.45) is -1.52. The van der Waals surface area contributed by atoms with Crippen molar-refractivity contribution in [3.63, 3.8) is 0 Å². The van der Waals surface area contributed by atoms with Crippen molar-refractivity contribution in [1.29, 1.82) is 0 Å². The van der Waals surface area contributed by atoms with E-state index in [-0.39, 0.29) is 24.2 Å². The van der Waals surface area contributed by atoms with Gasteiger partial charge in [0.05, 0.1) is 17.7 Å². The molecule has 2 amide bonds. The summed E-state index contributed by atoms with van der Waals surface area (Å²) in [5.41, 5.74) is -1.94. The molecule has 0 radical (unpaired) electrons. The molecule has 0 spiro atoms. The highest BCUT2D eigenvalue weighted by Gasteiger charge is 2.39. The maximum absolute atomic E-state index is 14.2. The Bertz CT molecular complexity index is 1100. The van der Waals surface area contributed by atoms with Crippen LogP contribution in [0.15, 0.2) is 48.5 Å². The molecular weight excluding hydrogens is 478 g/mol. The van der Waals surface area contributed by atoms with Crippen LogP contribution in [-0.4, -0.2) is 53.5 Å². The van der Waals surface area contributed by atoms with Gasteiger partial charge in [0.15, 0.2) is 0 Å². The molecule has 1 saturated heterocycles. The smallest absolute Gasteiger partial charge is 0.385 e. The number of amides is 2. The van der Waals surface area contributed by atoms with Gasteiger partial charge in [-0.15, -0.1) is 0 Å². The molecule has 0 bridgehead atoms. The Kier molecular flexibility index (Phi) is 7.65. The summed E-state index contributed by atoms with van der Waals surface area (Å²) in [6.45, 7) is 1.05. The maximum Gasteiger partial charge on any atom is 0.416 e. The van der Waals surface area contributed by atoms with Gasteiger partial charge < -0.3 is 15.7 Å². The molecule has 1 atom stereocenters. The Morgan fingerprint density at radius 2 is 1.78 bits per heavy atom. The first-order chi connectivity index (χ1) is 17.0. The molecular formula is C26H29F4N3O3. The third-order valence-electron chi connectivity index (χ3n) is 7.12. The molecule has 1 unspecified atom stereocenters. The van der Waals surface area contributed by atoms with Gasteiger partial charge in [-0.2, -0.15) is 13.2 Å². The van der Waals surface area contributed by atoms with Crippen LogP contribution in [0.3, 0.4) is 0 Å². The molecule has 2 aromatic rings. The molecule has 1 saturated carbocycles. The number of rotatable bonds is 6. The lowest BCUT2D eigenvalue weighted by molar-refractivity contribution is -0.137. The molecule has 2 fully saturated rings. The Balaban J connectivity index is 1.22. The van der Waals surface area contributed by atoms with Crippen LogP contribution < -0.4 is 10.6 Å². The van der Waals surface area contributed by atoms with Gasteiger partial charge >= 0.3 is 6.18 Å². The number of halogens is 4. The molecule has 2 aliphatic rings. The first kappa shape index (κ1) is 26.1. The summed E-state index contributed by atoms with van der Waals surface area (Å²) in [6, 6.07) is 10.4. The minimum atomic E-state index is -4.56. The van der Waals surface area contributed by atoms with Gasteiger partial charge in [0.1, 0.15) is 5.82 Å². The summed E-state index contributed by atoms with van der Waals surface area (Å²) in [7, 11) is 0. The fraction of sp³-hybridized carbons (Fsp3) is 0.462. The van der Waals surface area contributed by atoms with Gasteiger partial charge in [0.2, 0.25) is 5.91 Å². The quantitative estimate of drug-likeness (QED) is 0.522. The molecule has 2 aromatic carbocycles. The standard InChI is InChI=1S/C26H29F4N3O3/c27-22-7-2-1-6-21(22)25(36)11-8-20(9-12-25)33-13-10-19(16-33)32-23(34)15-31-24(35)17-4-3-5-18(14-17)26(28,29)30/h1-7,14,19-20,36H,8-13,15-16H2,(H,31,35)(H,32,34). The van der Waals surface area contributed by atoms with Gasteiger partial charge in [-0.3, -0.25) is 14.5 Å². The number of benzene rings is 2. The summed E-state index contributed by atoms with van der Waals surface area (Å²) in [4.78, 5) is 26.8. The molecule has 1 aliphatic carbocycles. The van der Waals surface area contributed by atoms with Crippen molar-refractivity contribution in [2.24, 2.45) is 0 Å². The van der Waals surface area contributed by atoms with Crippen LogP contribution in [0, 0.1) is 5.82 Å². The highest BCUT2D eigenvalue weighted by molar-refractivity contribution is 5.96. The molecule has 36 heavy (non-hydrogen) atoms. The highest BCUT2D eigenvalue weighted by Crippen LogP contribution is 2.40. The number of hydrogen-bond donors (Lipinski definition) is 3. The lowest BCUT2D eigenvalue weighted by atomic mass is 9.77. The number of nitrogens with zero attached hydrogens (tertiary/aromatic N) is 1. The average molecular weight is 508 g/mol. The van der Waals surface area contributed by atoms with E-state index in [0.717, 1.165) is 31.2 Å². The second-order valence-corrected chi connectivity index (χ2v) is 9.55.